The van der Waals surface area contributed by atoms with E-state index < -0.39 is 11.3 Å². The largest absolute Gasteiger partial charge is 0.478 e. The SMILES string of the molecule is CC(c1ccccc1)N1COc2ccc3c(-c4cc5cc(Cl)ccc5oc4=O)cc(=O)oc3c2C1. The van der Waals surface area contributed by atoms with E-state index in [0.717, 1.165) is 11.1 Å². The summed E-state index contributed by atoms with van der Waals surface area (Å²) in [5.41, 5.74) is 2.37. The van der Waals surface area contributed by atoms with Gasteiger partial charge in [-0.15, -0.1) is 0 Å². The Bertz CT molecular complexity index is 1710. The van der Waals surface area contributed by atoms with Gasteiger partial charge in [-0.05, 0) is 48.9 Å². The van der Waals surface area contributed by atoms with Gasteiger partial charge in [0.05, 0.1) is 11.1 Å². The molecule has 0 saturated heterocycles. The Hall–Kier alpha value is -3.87. The summed E-state index contributed by atoms with van der Waals surface area (Å²) in [6, 6.07) is 22.0. The molecule has 7 heteroatoms. The average molecular weight is 486 g/mol. The molecule has 0 N–H and O–H groups in total. The number of nitrogens with zero attached hydrogens (tertiary/aromatic N) is 1. The highest BCUT2D eigenvalue weighted by atomic mass is 35.5. The minimum absolute atomic E-state index is 0.0896. The van der Waals surface area contributed by atoms with Crippen molar-refractivity contribution in [1.29, 1.82) is 0 Å². The topological polar surface area (TPSA) is 72.9 Å². The normalized spacial score (nSPS) is 14.6. The van der Waals surface area contributed by atoms with Crippen LogP contribution >= 0.6 is 11.6 Å². The third-order valence-electron chi connectivity index (χ3n) is 6.53. The lowest BCUT2D eigenvalue weighted by atomic mass is 9.98. The molecule has 0 fully saturated rings. The van der Waals surface area contributed by atoms with E-state index in [-0.39, 0.29) is 11.6 Å². The van der Waals surface area contributed by atoms with E-state index in [1.54, 1.807) is 24.3 Å². The molecule has 6 rings (SSSR count). The molecule has 1 atom stereocenters. The highest BCUT2D eigenvalue weighted by Crippen LogP contribution is 2.38. The maximum absolute atomic E-state index is 12.9. The summed E-state index contributed by atoms with van der Waals surface area (Å²) in [7, 11) is 0. The Morgan fingerprint density at radius 3 is 2.57 bits per heavy atom. The summed E-state index contributed by atoms with van der Waals surface area (Å²) in [4.78, 5) is 27.7. The van der Waals surface area contributed by atoms with Crippen molar-refractivity contribution in [2.45, 2.75) is 19.5 Å². The predicted molar refractivity (Wildman–Crippen MR) is 135 cm³/mol. The second kappa shape index (κ2) is 8.41. The maximum Gasteiger partial charge on any atom is 0.344 e. The number of halogens is 1. The van der Waals surface area contributed by atoms with Crippen LogP contribution in [-0.4, -0.2) is 11.6 Å². The van der Waals surface area contributed by atoms with Crippen molar-refractivity contribution in [3.05, 3.63) is 110 Å². The molecule has 5 aromatic rings. The van der Waals surface area contributed by atoms with Crippen LogP contribution in [-0.2, 0) is 6.54 Å². The first kappa shape index (κ1) is 21.6. The van der Waals surface area contributed by atoms with Crippen molar-refractivity contribution in [3.8, 4) is 16.9 Å². The zero-order chi connectivity index (χ0) is 24.1. The smallest absolute Gasteiger partial charge is 0.344 e. The second-order valence-electron chi connectivity index (χ2n) is 8.63. The number of hydrogen-bond donors (Lipinski definition) is 0. The minimum atomic E-state index is -0.556. The molecule has 1 aliphatic rings. The van der Waals surface area contributed by atoms with Gasteiger partial charge < -0.3 is 13.6 Å². The molecule has 6 nitrogen and oxygen atoms in total. The number of fused-ring (bicyclic) bond motifs is 4. The fraction of sp³-hybridized carbons (Fsp3) is 0.143. The first-order valence-electron chi connectivity index (χ1n) is 11.2. The zero-order valence-corrected chi connectivity index (χ0v) is 19.5. The van der Waals surface area contributed by atoms with Crippen LogP contribution in [0, 0.1) is 0 Å². The lowest BCUT2D eigenvalue weighted by Gasteiger charge is -2.34. The second-order valence-corrected chi connectivity index (χ2v) is 9.07. The number of benzene rings is 3. The van der Waals surface area contributed by atoms with E-state index in [2.05, 4.69) is 24.0 Å². The van der Waals surface area contributed by atoms with Gasteiger partial charge in [-0.2, -0.15) is 0 Å². The summed E-state index contributed by atoms with van der Waals surface area (Å²) in [5, 5.41) is 1.82. The molecule has 1 unspecified atom stereocenters. The van der Waals surface area contributed by atoms with Crippen molar-refractivity contribution in [3.63, 3.8) is 0 Å². The van der Waals surface area contributed by atoms with Gasteiger partial charge in [-0.1, -0.05) is 41.9 Å². The molecule has 1 aliphatic heterocycles. The molecule has 3 heterocycles. The van der Waals surface area contributed by atoms with Crippen LogP contribution < -0.4 is 16.0 Å². The van der Waals surface area contributed by atoms with Gasteiger partial charge in [0.25, 0.3) is 0 Å². The highest BCUT2D eigenvalue weighted by Gasteiger charge is 2.26. The lowest BCUT2D eigenvalue weighted by Crippen LogP contribution is -2.34. The molecule has 35 heavy (non-hydrogen) atoms. The summed E-state index contributed by atoms with van der Waals surface area (Å²) in [5.74, 6) is 0.659. The van der Waals surface area contributed by atoms with E-state index in [1.807, 2.05) is 30.3 Å². The van der Waals surface area contributed by atoms with Crippen LogP contribution in [0.4, 0.5) is 0 Å². The van der Waals surface area contributed by atoms with Crippen molar-refractivity contribution in [2.24, 2.45) is 0 Å². The van der Waals surface area contributed by atoms with Crippen molar-refractivity contribution >= 4 is 33.5 Å². The van der Waals surface area contributed by atoms with E-state index in [1.165, 1.54) is 6.07 Å². The van der Waals surface area contributed by atoms with Crippen LogP contribution in [0.1, 0.15) is 24.1 Å². The van der Waals surface area contributed by atoms with Crippen LogP contribution in [0.25, 0.3) is 33.1 Å². The molecule has 0 bridgehead atoms. The number of hydrogen-bond acceptors (Lipinski definition) is 6. The molecule has 0 spiro atoms. The standard InChI is InChI=1S/C28H20ClNO5/c1-16(17-5-3-2-4-6-17)30-14-23-25(33-15-30)10-8-20-21(13-26(31)35-27(20)23)22-12-18-11-19(29)7-9-24(18)34-28(22)32/h2-13,16H,14-15H2,1H3. The first-order chi connectivity index (χ1) is 17.0. The fourth-order valence-electron chi connectivity index (χ4n) is 4.65. The Morgan fingerprint density at radius 2 is 1.74 bits per heavy atom. The van der Waals surface area contributed by atoms with E-state index in [9.17, 15) is 9.59 Å². The van der Waals surface area contributed by atoms with Gasteiger partial charge in [0.1, 0.15) is 23.6 Å². The van der Waals surface area contributed by atoms with Gasteiger partial charge in [0.15, 0.2) is 0 Å². The summed E-state index contributed by atoms with van der Waals surface area (Å²) < 4.78 is 17.2. The quantitative estimate of drug-likeness (QED) is 0.286. The molecule has 0 radical (unpaired) electrons. The molecular weight excluding hydrogens is 466 g/mol. The van der Waals surface area contributed by atoms with Crippen molar-refractivity contribution < 1.29 is 13.6 Å². The molecule has 0 aliphatic carbocycles. The third kappa shape index (κ3) is 3.81. The molecule has 0 amide bonds. The highest BCUT2D eigenvalue weighted by molar-refractivity contribution is 6.31. The molecule has 3 aromatic carbocycles. The summed E-state index contributed by atoms with van der Waals surface area (Å²) in [6.45, 7) is 3.05. The predicted octanol–water partition coefficient (Wildman–Crippen LogP) is 6.13. The van der Waals surface area contributed by atoms with Crippen molar-refractivity contribution in [1.82, 2.24) is 4.90 Å². The lowest BCUT2D eigenvalue weighted by molar-refractivity contribution is 0.0620. The Balaban J connectivity index is 1.50. The van der Waals surface area contributed by atoms with E-state index in [4.69, 9.17) is 25.2 Å². The number of rotatable bonds is 3. The van der Waals surface area contributed by atoms with E-state index >= 15 is 0 Å². The van der Waals surface area contributed by atoms with Crippen LogP contribution in [0.15, 0.2) is 91.2 Å². The van der Waals surface area contributed by atoms with Crippen LogP contribution in [0.3, 0.4) is 0 Å². The first-order valence-corrected chi connectivity index (χ1v) is 11.6. The summed E-state index contributed by atoms with van der Waals surface area (Å²) in [6.07, 6.45) is 0. The van der Waals surface area contributed by atoms with Crippen LogP contribution in [0.2, 0.25) is 5.02 Å². The average Bonchev–Trinajstić information content (AvgIpc) is 2.88. The minimum Gasteiger partial charge on any atom is -0.478 e. The Kier molecular flexibility index (Phi) is 5.20. The third-order valence-corrected chi connectivity index (χ3v) is 6.77. The van der Waals surface area contributed by atoms with Gasteiger partial charge >= 0.3 is 11.3 Å². The zero-order valence-electron chi connectivity index (χ0n) is 18.8. The van der Waals surface area contributed by atoms with Gasteiger partial charge in [0, 0.05) is 40.0 Å². The molecule has 174 valence electrons. The number of ether oxygens (including phenoxy) is 1. The molecule has 2 aromatic heterocycles. The fourth-order valence-corrected chi connectivity index (χ4v) is 4.83. The van der Waals surface area contributed by atoms with E-state index in [0.29, 0.717) is 51.5 Å². The monoisotopic (exact) mass is 485 g/mol. The van der Waals surface area contributed by atoms with Gasteiger partial charge in [-0.3, -0.25) is 4.90 Å². The maximum atomic E-state index is 12.9. The Morgan fingerprint density at radius 1 is 0.914 bits per heavy atom. The van der Waals surface area contributed by atoms with Crippen molar-refractivity contribution in [2.75, 3.05) is 6.73 Å². The molecular formula is C28H20ClNO5. The van der Waals surface area contributed by atoms with Gasteiger partial charge in [-0.25, -0.2) is 9.59 Å². The summed E-state index contributed by atoms with van der Waals surface area (Å²) >= 11 is 6.14. The molecule has 0 saturated carbocycles. The van der Waals surface area contributed by atoms with Gasteiger partial charge in [0.2, 0.25) is 0 Å². The van der Waals surface area contributed by atoms with Crippen LogP contribution in [0.5, 0.6) is 5.75 Å². The Labute approximate surface area is 204 Å².